The molecular weight excluding hydrogens is 424 g/mol. The Bertz CT molecular complexity index is 980. The molecule has 2 N–H and O–H groups in total. The molecule has 1 unspecified atom stereocenters. The molecule has 3 aliphatic rings. The third-order valence-electron chi connectivity index (χ3n) is 7.43. The van der Waals surface area contributed by atoms with Gasteiger partial charge in [-0.2, -0.15) is 0 Å². The minimum atomic E-state index is 0.0773. The Morgan fingerprint density at radius 3 is 2.71 bits per heavy atom. The number of aromatic nitrogens is 1. The summed E-state index contributed by atoms with van der Waals surface area (Å²) in [6, 6.07) is 5.68. The van der Waals surface area contributed by atoms with Crippen molar-refractivity contribution in [1.82, 2.24) is 20.1 Å². The van der Waals surface area contributed by atoms with Crippen LogP contribution in [-0.2, 0) is 6.42 Å². The van der Waals surface area contributed by atoms with E-state index in [1.165, 1.54) is 44.8 Å². The van der Waals surface area contributed by atoms with Crippen LogP contribution in [0.3, 0.4) is 0 Å². The van der Waals surface area contributed by atoms with Gasteiger partial charge < -0.3 is 20.1 Å². The van der Waals surface area contributed by atoms with E-state index in [0.29, 0.717) is 16.5 Å². The number of aromatic amines is 1. The molecule has 0 radical (unpaired) electrons. The van der Waals surface area contributed by atoms with Gasteiger partial charge in [0.05, 0.1) is 4.58 Å². The zero-order valence-corrected chi connectivity index (χ0v) is 20.7. The number of aryl methyl sites for hydroxylation is 1. The van der Waals surface area contributed by atoms with Crippen LogP contribution in [-0.4, -0.2) is 71.1 Å². The van der Waals surface area contributed by atoms with Gasteiger partial charge in [0.25, 0.3) is 0 Å². The molecule has 5 nitrogen and oxygen atoms in total. The van der Waals surface area contributed by atoms with Crippen molar-refractivity contribution >= 4 is 40.5 Å². The summed E-state index contributed by atoms with van der Waals surface area (Å²) >= 11 is 4.15. The maximum absolute atomic E-state index is 12.7. The van der Waals surface area contributed by atoms with Crippen molar-refractivity contribution in [3.63, 3.8) is 0 Å². The number of hydrogen-bond donors (Lipinski definition) is 2. The molecular formula is C24H34N4OS2. The van der Waals surface area contributed by atoms with Gasteiger partial charge in [-0.15, -0.1) is 23.5 Å². The van der Waals surface area contributed by atoms with E-state index in [1.54, 1.807) is 0 Å². The zero-order chi connectivity index (χ0) is 21.7. The van der Waals surface area contributed by atoms with Gasteiger partial charge in [-0.05, 0) is 63.4 Å². The highest BCUT2D eigenvalue weighted by atomic mass is 32.2. The lowest BCUT2D eigenvalue weighted by Gasteiger charge is -2.46. The van der Waals surface area contributed by atoms with Gasteiger partial charge in [0.2, 0.25) is 0 Å². The van der Waals surface area contributed by atoms with E-state index in [0.717, 1.165) is 32.5 Å². The number of fused-ring (bicyclic) bond motifs is 2. The number of thioether (sulfide) groups is 2. The molecule has 3 heterocycles. The van der Waals surface area contributed by atoms with Crippen molar-refractivity contribution in [2.24, 2.45) is 0 Å². The summed E-state index contributed by atoms with van der Waals surface area (Å²) in [6.45, 7) is 8.75. The number of nitrogens with one attached hydrogen (secondary N) is 2. The number of carbonyl (C=O) groups excluding carboxylic acids is 1. The third-order valence-corrected chi connectivity index (χ3v) is 10.5. The Morgan fingerprint density at radius 2 is 2.00 bits per heavy atom. The highest BCUT2D eigenvalue weighted by Crippen LogP contribution is 2.50. The highest BCUT2D eigenvalue weighted by molar-refractivity contribution is 8.19. The summed E-state index contributed by atoms with van der Waals surface area (Å²) in [5.41, 5.74) is 7.10. The second-order valence-corrected chi connectivity index (χ2v) is 11.9. The van der Waals surface area contributed by atoms with Gasteiger partial charge in [0.15, 0.2) is 0 Å². The van der Waals surface area contributed by atoms with Gasteiger partial charge in [-0.1, -0.05) is 6.07 Å². The first-order valence-corrected chi connectivity index (χ1v) is 13.7. The van der Waals surface area contributed by atoms with E-state index in [4.69, 9.17) is 0 Å². The lowest BCUT2D eigenvalue weighted by Crippen LogP contribution is -2.56. The first kappa shape index (κ1) is 21.5. The summed E-state index contributed by atoms with van der Waals surface area (Å²) in [7, 11) is 2.24. The van der Waals surface area contributed by atoms with Crippen LogP contribution < -0.4 is 5.32 Å². The number of rotatable bonds is 4. The largest absolute Gasteiger partial charge is 0.358 e. The standard InChI is InChI=1S/C24H34N4OS2/c1-5-28(6-2)24(29)26-16-11-18-19-9-15(23-30-7-8-31-23)10-20-22(19)17(14(3)25-20)12-21(18)27(4)13-16/h9-10,16,18,21,23,25H,5-8,11-13H2,1-4H3,(H,26,29)/t16-,18?,21+/m0/s1. The molecule has 2 saturated heterocycles. The minimum absolute atomic E-state index is 0.0773. The SMILES string of the molecule is CCN(CC)C(=O)N[C@H]1CC2c3cc(C4SCCS4)cc4[nH]c(C)c(c34)C[C@H]2N(C)C1. The number of hydrogen-bond acceptors (Lipinski definition) is 4. The number of piperidine rings is 1. The van der Waals surface area contributed by atoms with Gasteiger partial charge >= 0.3 is 6.03 Å². The quantitative estimate of drug-likeness (QED) is 0.696. The van der Waals surface area contributed by atoms with E-state index in [1.807, 2.05) is 18.7 Å². The topological polar surface area (TPSA) is 51.4 Å². The van der Waals surface area contributed by atoms with Crippen LogP contribution in [0.5, 0.6) is 0 Å². The van der Waals surface area contributed by atoms with Gasteiger partial charge in [0.1, 0.15) is 0 Å². The van der Waals surface area contributed by atoms with Crippen LogP contribution in [0.4, 0.5) is 4.79 Å². The van der Waals surface area contributed by atoms with Crippen molar-refractivity contribution in [1.29, 1.82) is 0 Å². The Labute approximate surface area is 194 Å². The second kappa shape index (κ2) is 8.56. The molecule has 2 aliphatic heterocycles. The fourth-order valence-electron chi connectivity index (χ4n) is 5.87. The molecule has 1 aromatic carbocycles. The predicted molar refractivity (Wildman–Crippen MR) is 133 cm³/mol. The molecule has 2 aromatic rings. The fraction of sp³-hybridized carbons (Fsp3) is 0.625. The maximum atomic E-state index is 12.7. The Morgan fingerprint density at radius 1 is 1.26 bits per heavy atom. The number of carbonyl (C=O) groups is 1. The predicted octanol–water partition coefficient (Wildman–Crippen LogP) is 4.72. The first-order valence-electron chi connectivity index (χ1n) is 11.6. The smallest absolute Gasteiger partial charge is 0.317 e. The summed E-state index contributed by atoms with van der Waals surface area (Å²) in [4.78, 5) is 20.8. The fourth-order valence-corrected chi connectivity index (χ4v) is 8.69. The number of likely N-dealkylation sites (tertiary alicyclic amines) is 1. The van der Waals surface area contributed by atoms with Crippen molar-refractivity contribution < 1.29 is 4.79 Å². The van der Waals surface area contributed by atoms with Gasteiger partial charge in [-0.25, -0.2) is 4.79 Å². The van der Waals surface area contributed by atoms with E-state index >= 15 is 0 Å². The Balaban J connectivity index is 1.50. The number of amides is 2. The molecule has 2 fully saturated rings. The molecule has 0 saturated carbocycles. The van der Waals surface area contributed by atoms with Gasteiger partial charge in [0, 0.05) is 65.7 Å². The summed E-state index contributed by atoms with van der Waals surface area (Å²) in [6.07, 6.45) is 2.12. The van der Waals surface area contributed by atoms with E-state index in [-0.39, 0.29) is 12.1 Å². The number of nitrogens with zero attached hydrogens (tertiary/aromatic N) is 2. The van der Waals surface area contributed by atoms with Crippen LogP contribution >= 0.6 is 23.5 Å². The summed E-state index contributed by atoms with van der Waals surface area (Å²) < 4.78 is 0.549. The molecule has 31 heavy (non-hydrogen) atoms. The van der Waals surface area contributed by atoms with E-state index in [2.05, 4.69) is 64.8 Å². The average Bonchev–Trinajstić information content (AvgIpc) is 3.39. The molecule has 2 amide bonds. The van der Waals surface area contributed by atoms with Crippen molar-refractivity contribution in [3.8, 4) is 0 Å². The highest BCUT2D eigenvalue weighted by Gasteiger charge is 2.41. The van der Waals surface area contributed by atoms with Crippen LogP contribution in [0, 0.1) is 6.92 Å². The van der Waals surface area contributed by atoms with E-state index in [9.17, 15) is 4.79 Å². The average molecular weight is 459 g/mol. The van der Waals surface area contributed by atoms with Crippen LogP contribution in [0.1, 0.15) is 53.2 Å². The maximum Gasteiger partial charge on any atom is 0.317 e. The summed E-state index contributed by atoms with van der Waals surface area (Å²) in [5.74, 6) is 2.94. The second-order valence-electron chi connectivity index (χ2n) is 9.21. The molecule has 5 rings (SSSR count). The van der Waals surface area contributed by atoms with Crippen LogP contribution in [0.15, 0.2) is 12.1 Å². The lowest BCUT2D eigenvalue weighted by molar-refractivity contribution is 0.124. The normalized spacial score (nSPS) is 26.3. The van der Waals surface area contributed by atoms with Gasteiger partial charge in [-0.3, -0.25) is 0 Å². The molecule has 3 atom stereocenters. The number of likely N-dealkylation sites (N-methyl/N-ethyl adjacent to an activating group) is 1. The summed E-state index contributed by atoms with van der Waals surface area (Å²) in [5, 5.41) is 4.80. The Hall–Kier alpha value is -1.31. The molecule has 7 heteroatoms. The van der Waals surface area contributed by atoms with Crippen molar-refractivity contribution in [2.75, 3.05) is 38.2 Å². The minimum Gasteiger partial charge on any atom is -0.358 e. The van der Waals surface area contributed by atoms with Crippen LogP contribution in [0.25, 0.3) is 10.9 Å². The zero-order valence-electron chi connectivity index (χ0n) is 19.0. The molecule has 1 aliphatic carbocycles. The number of benzene rings is 1. The van der Waals surface area contributed by atoms with E-state index < -0.39 is 0 Å². The first-order chi connectivity index (χ1) is 15.0. The molecule has 0 bridgehead atoms. The molecule has 0 spiro atoms. The molecule has 1 aromatic heterocycles. The van der Waals surface area contributed by atoms with Crippen molar-refractivity contribution in [2.45, 2.75) is 56.2 Å². The number of H-pyrrole nitrogens is 1. The lowest BCUT2D eigenvalue weighted by atomic mass is 9.73. The van der Waals surface area contributed by atoms with Crippen molar-refractivity contribution in [3.05, 3.63) is 34.5 Å². The number of urea groups is 1. The Kier molecular flexibility index (Phi) is 5.95. The van der Waals surface area contributed by atoms with Crippen LogP contribution in [0.2, 0.25) is 0 Å². The molecule has 168 valence electrons. The monoisotopic (exact) mass is 458 g/mol. The third kappa shape index (κ3) is 3.76.